The molecule has 0 aliphatic rings. The highest BCUT2D eigenvalue weighted by Gasteiger charge is 2.01. The third kappa shape index (κ3) is 23.8. The maximum absolute atomic E-state index is 10.7. The van der Waals surface area contributed by atoms with Crippen LogP contribution in [-0.2, 0) is 33.3 Å². The molecule has 0 aromatic rings. The van der Waals surface area contributed by atoms with E-state index in [2.05, 4.69) is 8.37 Å². The Kier molecular flexibility index (Phi) is 14.8. The first-order valence-electron chi connectivity index (χ1n) is 8.97. The minimum absolute atomic E-state index is 0.274. The van der Waals surface area contributed by atoms with Gasteiger partial charge in [-0.15, -0.1) is 0 Å². The van der Waals surface area contributed by atoms with Gasteiger partial charge in [0.25, 0.3) is 20.2 Å². The molecule has 7 nitrogen and oxygen atoms in total. The van der Waals surface area contributed by atoms with Gasteiger partial charge >= 0.3 is 0 Å². The number of unbranched alkanes of at least 4 members (excludes halogenated alkanes) is 8. The monoisotopic (exact) mass is 402 g/mol. The van der Waals surface area contributed by atoms with Gasteiger partial charge in [-0.25, -0.2) is 0 Å². The van der Waals surface area contributed by atoms with Crippen LogP contribution in [0.4, 0.5) is 0 Å². The molecular weight excluding hydrogens is 368 g/mol. The van der Waals surface area contributed by atoms with Crippen molar-refractivity contribution >= 4 is 20.2 Å². The molecular formula is C16H34O7S2. The molecule has 9 heteroatoms. The Morgan fingerprint density at radius 1 is 0.480 bits per heavy atom. The van der Waals surface area contributed by atoms with E-state index in [0.717, 1.165) is 89.9 Å². The molecule has 0 saturated heterocycles. The van der Waals surface area contributed by atoms with Crippen molar-refractivity contribution in [1.82, 2.24) is 0 Å². The van der Waals surface area contributed by atoms with Gasteiger partial charge in [-0.1, -0.05) is 38.5 Å². The largest absolute Gasteiger partial charge is 0.381 e. The van der Waals surface area contributed by atoms with Crippen molar-refractivity contribution < 1.29 is 29.9 Å². The Labute approximate surface area is 153 Å². The van der Waals surface area contributed by atoms with Gasteiger partial charge in [0.05, 0.1) is 25.7 Å². The quantitative estimate of drug-likeness (QED) is 0.257. The van der Waals surface area contributed by atoms with E-state index in [0.29, 0.717) is 0 Å². The standard InChI is InChI=1S/C16H34O7S2/c1-24(17,18)22-15-11-7-3-5-9-13-21-14-10-6-4-8-12-16-23-25(2,19)20/h3-16H2,1-2H3. The highest BCUT2D eigenvalue weighted by atomic mass is 32.2. The van der Waals surface area contributed by atoms with Crippen molar-refractivity contribution in [3.8, 4) is 0 Å². The molecule has 0 heterocycles. The summed E-state index contributed by atoms with van der Waals surface area (Å²) in [6.45, 7) is 2.08. The van der Waals surface area contributed by atoms with Crippen molar-refractivity contribution in [2.24, 2.45) is 0 Å². The van der Waals surface area contributed by atoms with E-state index in [1.807, 2.05) is 0 Å². The summed E-state index contributed by atoms with van der Waals surface area (Å²) in [7, 11) is -6.60. The van der Waals surface area contributed by atoms with Gasteiger partial charge in [-0.3, -0.25) is 8.37 Å². The fourth-order valence-electron chi connectivity index (χ4n) is 2.20. The summed E-state index contributed by atoms with van der Waals surface area (Å²) < 4.78 is 57.9. The van der Waals surface area contributed by atoms with E-state index in [-0.39, 0.29) is 13.2 Å². The van der Waals surface area contributed by atoms with Crippen molar-refractivity contribution in [2.75, 3.05) is 38.9 Å². The average Bonchev–Trinajstić information content (AvgIpc) is 2.48. The summed E-state index contributed by atoms with van der Waals surface area (Å²) >= 11 is 0. The fourth-order valence-corrected chi connectivity index (χ4v) is 3.04. The number of rotatable bonds is 18. The molecule has 0 N–H and O–H groups in total. The van der Waals surface area contributed by atoms with Crippen molar-refractivity contribution in [1.29, 1.82) is 0 Å². The first-order chi connectivity index (χ1) is 11.7. The zero-order chi connectivity index (χ0) is 19.0. The van der Waals surface area contributed by atoms with Gasteiger partial charge in [0.2, 0.25) is 0 Å². The Bertz CT molecular complexity index is 455. The molecule has 0 amide bonds. The molecule has 0 aliphatic carbocycles. The van der Waals surface area contributed by atoms with Gasteiger partial charge in [0, 0.05) is 13.2 Å². The zero-order valence-corrected chi connectivity index (χ0v) is 17.2. The van der Waals surface area contributed by atoms with E-state index < -0.39 is 20.2 Å². The third-order valence-electron chi connectivity index (χ3n) is 3.46. The maximum Gasteiger partial charge on any atom is 0.264 e. The first kappa shape index (κ1) is 24.8. The van der Waals surface area contributed by atoms with Crippen LogP contribution in [0.1, 0.15) is 64.2 Å². The molecule has 0 spiro atoms. The van der Waals surface area contributed by atoms with Gasteiger partial charge in [0.1, 0.15) is 0 Å². The molecule has 0 atom stereocenters. The third-order valence-corrected chi connectivity index (χ3v) is 4.65. The van der Waals surface area contributed by atoms with E-state index in [4.69, 9.17) is 4.74 Å². The van der Waals surface area contributed by atoms with Crippen LogP contribution in [0.5, 0.6) is 0 Å². The summed E-state index contributed by atoms with van der Waals surface area (Å²) in [5.41, 5.74) is 0. The highest BCUT2D eigenvalue weighted by Crippen LogP contribution is 2.06. The second-order valence-corrected chi connectivity index (χ2v) is 9.49. The van der Waals surface area contributed by atoms with Crippen LogP contribution in [0.15, 0.2) is 0 Å². The molecule has 0 fully saturated rings. The molecule has 25 heavy (non-hydrogen) atoms. The van der Waals surface area contributed by atoms with E-state index in [9.17, 15) is 16.8 Å². The second-order valence-electron chi connectivity index (χ2n) is 6.20. The van der Waals surface area contributed by atoms with E-state index in [1.54, 1.807) is 0 Å². The lowest BCUT2D eigenvalue weighted by Gasteiger charge is -2.05. The summed E-state index contributed by atoms with van der Waals surface area (Å²) in [5.74, 6) is 0. The van der Waals surface area contributed by atoms with Gasteiger partial charge in [0.15, 0.2) is 0 Å². The normalized spacial score (nSPS) is 12.6. The maximum atomic E-state index is 10.7. The van der Waals surface area contributed by atoms with Crippen LogP contribution in [0.2, 0.25) is 0 Å². The average molecular weight is 403 g/mol. The molecule has 0 aliphatic heterocycles. The predicted octanol–water partition coefficient (Wildman–Crippen LogP) is 2.86. The summed E-state index contributed by atoms with van der Waals surface area (Å²) in [5, 5.41) is 0. The SMILES string of the molecule is CS(=O)(=O)OCCCCCCCOCCCCCCCOS(C)(=O)=O. The lowest BCUT2D eigenvalue weighted by Crippen LogP contribution is -2.04. The zero-order valence-electron chi connectivity index (χ0n) is 15.6. The van der Waals surface area contributed by atoms with Crippen LogP contribution in [0, 0.1) is 0 Å². The molecule has 0 radical (unpaired) electrons. The lowest BCUT2D eigenvalue weighted by molar-refractivity contribution is 0.125. The number of hydrogen-bond acceptors (Lipinski definition) is 7. The predicted molar refractivity (Wildman–Crippen MR) is 98.6 cm³/mol. The molecule has 0 aromatic carbocycles. The summed E-state index contributed by atoms with van der Waals surface area (Å²) in [6.07, 6.45) is 11.9. The molecule has 0 bridgehead atoms. The highest BCUT2D eigenvalue weighted by molar-refractivity contribution is 7.86. The summed E-state index contributed by atoms with van der Waals surface area (Å²) in [6, 6.07) is 0. The van der Waals surface area contributed by atoms with Crippen molar-refractivity contribution in [3.05, 3.63) is 0 Å². The van der Waals surface area contributed by atoms with E-state index in [1.165, 1.54) is 0 Å². The topological polar surface area (TPSA) is 96.0 Å². The van der Waals surface area contributed by atoms with Crippen LogP contribution >= 0.6 is 0 Å². The van der Waals surface area contributed by atoms with Gasteiger partial charge in [-0.2, -0.15) is 16.8 Å². The van der Waals surface area contributed by atoms with Crippen molar-refractivity contribution in [2.45, 2.75) is 64.2 Å². The minimum atomic E-state index is -3.30. The number of hydrogen-bond donors (Lipinski definition) is 0. The summed E-state index contributed by atoms with van der Waals surface area (Å²) in [4.78, 5) is 0. The number of ether oxygens (including phenoxy) is 1. The second kappa shape index (κ2) is 14.9. The Balaban J connectivity index is 3.12. The van der Waals surface area contributed by atoms with E-state index >= 15 is 0 Å². The van der Waals surface area contributed by atoms with Crippen LogP contribution < -0.4 is 0 Å². The van der Waals surface area contributed by atoms with Gasteiger partial charge in [-0.05, 0) is 25.7 Å². The molecule has 0 aromatic heterocycles. The molecule has 0 unspecified atom stereocenters. The van der Waals surface area contributed by atoms with Crippen LogP contribution in [0.25, 0.3) is 0 Å². The Morgan fingerprint density at radius 2 is 0.760 bits per heavy atom. The van der Waals surface area contributed by atoms with Gasteiger partial charge < -0.3 is 4.74 Å². The Hall–Kier alpha value is -0.220. The minimum Gasteiger partial charge on any atom is -0.381 e. The fraction of sp³-hybridized carbons (Fsp3) is 1.00. The first-order valence-corrected chi connectivity index (χ1v) is 12.6. The smallest absolute Gasteiger partial charge is 0.264 e. The lowest BCUT2D eigenvalue weighted by atomic mass is 10.1. The molecule has 0 rings (SSSR count). The molecule has 152 valence electrons. The van der Waals surface area contributed by atoms with Crippen molar-refractivity contribution in [3.63, 3.8) is 0 Å². The molecule has 0 saturated carbocycles. The van der Waals surface area contributed by atoms with Crippen LogP contribution in [-0.4, -0.2) is 55.8 Å². The van der Waals surface area contributed by atoms with Crippen LogP contribution in [0.3, 0.4) is 0 Å². The Morgan fingerprint density at radius 3 is 1.08 bits per heavy atom.